The second-order valence-corrected chi connectivity index (χ2v) is 5.30. The van der Waals surface area contributed by atoms with Gasteiger partial charge in [-0.3, -0.25) is 10.1 Å². The summed E-state index contributed by atoms with van der Waals surface area (Å²) in [6.07, 6.45) is 0. The number of hydrogen-bond donors (Lipinski definition) is 0. The van der Waals surface area contributed by atoms with E-state index in [0.29, 0.717) is 0 Å². The molecule has 0 radical (unpaired) electrons. The van der Waals surface area contributed by atoms with Crippen molar-refractivity contribution in [1.29, 1.82) is 0 Å². The van der Waals surface area contributed by atoms with E-state index in [-0.39, 0.29) is 26.3 Å². The predicted molar refractivity (Wildman–Crippen MR) is 47.9 cm³/mol. The number of sulfonamides is 1. The van der Waals surface area contributed by atoms with Crippen LogP contribution in [0.2, 0.25) is 0 Å². The first-order valence-corrected chi connectivity index (χ1v) is 5.74. The van der Waals surface area contributed by atoms with Gasteiger partial charge in [-0.15, -0.1) is 0 Å². The first-order valence-electron chi connectivity index (χ1n) is 3.80. The second kappa shape index (κ2) is 4.39. The molecule has 0 spiro atoms. The number of alkyl halides is 1. The number of ether oxygens (including phenoxy) is 1. The summed E-state index contributed by atoms with van der Waals surface area (Å²) in [6, 6.07) is 0. The molecule has 0 amide bonds. The maximum absolute atomic E-state index is 11.4. The van der Waals surface area contributed by atoms with Crippen molar-refractivity contribution in [3.8, 4) is 0 Å². The van der Waals surface area contributed by atoms with E-state index in [9.17, 15) is 18.5 Å². The van der Waals surface area contributed by atoms with Gasteiger partial charge in [-0.1, -0.05) is 0 Å². The Bertz CT molecular complexity index is 312. The fourth-order valence-electron chi connectivity index (χ4n) is 1.03. The topological polar surface area (TPSA) is 89.8 Å². The molecule has 0 aliphatic carbocycles. The van der Waals surface area contributed by atoms with Gasteiger partial charge < -0.3 is 4.74 Å². The van der Waals surface area contributed by atoms with Crippen LogP contribution in [0, 0.1) is 10.1 Å². The van der Waals surface area contributed by atoms with Crippen LogP contribution in [0.25, 0.3) is 0 Å². The zero-order valence-electron chi connectivity index (χ0n) is 7.13. The van der Waals surface area contributed by atoms with Gasteiger partial charge in [0.2, 0.25) is 0 Å². The van der Waals surface area contributed by atoms with Gasteiger partial charge in [0.05, 0.1) is 18.1 Å². The van der Waals surface area contributed by atoms with Crippen LogP contribution in [0.4, 0.5) is 0 Å². The van der Waals surface area contributed by atoms with Crippen LogP contribution < -0.4 is 0 Å². The van der Waals surface area contributed by atoms with Gasteiger partial charge in [0, 0.05) is 13.1 Å². The standard InChI is InChI=1S/C5H9ClN2O5S/c6-5(8(9)10)14(11,12)7-1-3-13-4-2-7/h5H,1-4H2. The van der Waals surface area contributed by atoms with E-state index in [1.165, 1.54) is 0 Å². The minimum atomic E-state index is -4.04. The van der Waals surface area contributed by atoms with Crippen LogP contribution in [0.1, 0.15) is 0 Å². The molecule has 1 saturated heterocycles. The Morgan fingerprint density at radius 1 is 1.43 bits per heavy atom. The van der Waals surface area contributed by atoms with E-state index < -0.39 is 19.8 Å². The molecule has 1 aliphatic heterocycles. The summed E-state index contributed by atoms with van der Waals surface area (Å²) in [6.45, 7) is 0.694. The van der Waals surface area contributed by atoms with Crippen molar-refractivity contribution in [2.24, 2.45) is 0 Å². The number of hydrogen-bond acceptors (Lipinski definition) is 5. The molecular weight excluding hydrogens is 236 g/mol. The quantitative estimate of drug-likeness (QED) is 0.288. The normalized spacial score (nSPS) is 21.8. The van der Waals surface area contributed by atoms with Crippen molar-refractivity contribution in [3.63, 3.8) is 0 Å². The monoisotopic (exact) mass is 244 g/mol. The van der Waals surface area contributed by atoms with Gasteiger partial charge in [-0.25, -0.2) is 8.42 Å². The lowest BCUT2D eigenvalue weighted by atomic mass is 10.5. The van der Waals surface area contributed by atoms with Crippen molar-refractivity contribution < 1.29 is 18.1 Å². The van der Waals surface area contributed by atoms with Crippen LogP contribution >= 0.6 is 11.6 Å². The predicted octanol–water partition coefficient (Wildman–Crippen LogP) is -0.552. The van der Waals surface area contributed by atoms with E-state index in [4.69, 9.17) is 16.3 Å². The smallest absolute Gasteiger partial charge is 0.379 e. The van der Waals surface area contributed by atoms with E-state index in [2.05, 4.69) is 0 Å². The Balaban J connectivity index is 2.78. The van der Waals surface area contributed by atoms with Crippen LogP contribution in [-0.2, 0) is 14.8 Å². The third kappa shape index (κ3) is 2.32. The van der Waals surface area contributed by atoms with Crippen LogP contribution in [-0.4, -0.2) is 48.8 Å². The maximum atomic E-state index is 11.4. The third-order valence-corrected chi connectivity index (χ3v) is 4.32. The van der Waals surface area contributed by atoms with Crippen LogP contribution in [0.5, 0.6) is 0 Å². The highest BCUT2D eigenvalue weighted by Crippen LogP contribution is 2.14. The first-order chi connectivity index (χ1) is 6.46. The highest BCUT2D eigenvalue weighted by atomic mass is 35.5. The van der Waals surface area contributed by atoms with Crippen LogP contribution in [0.15, 0.2) is 0 Å². The Labute approximate surface area is 85.8 Å². The molecule has 14 heavy (non-hydrogen) atoms. The van der Waals surface area contributed by atoms with E-state index in [1.54, 1.807) is 0 Å². The van der Waals surface area contributed by atoms with Crippen molar-refractivity contribution in [2.75, 3.05) is 26.3 Å². The molecule has 1 aliphatic rings. The van der Waals surface area contributed by atoms with E-state index in [1.807, 2.05) is 0 Å². The number of rotatable bonds is 3. The van der Waals surface area contributed by atoms with Gasteiger partial charge in [0.1, 0.15) is 0 Å². The average Bonchev–Trinajstić information content (AvgIpc) is 2.18. The van der Waals surface area contributed by atoms with Crippen molar-refractivity contribution in [3.05, 3.63) is 10.1 Å². The molecule has 1 heterocycles. The van der Waals surface area contributed by atoms with Crippen LogP contribution in [0.3, 0.4) is 0 Å². The van der Waals surface area contributed by atoms with Gasteiger partial charge >= 0.3 is 4.83 Å². The lowest BCUT2D eigenvalue weighted by Crippen LogP contribution is -2.45. The van der Waals surface area contributed by atoms with Crippen molar-refractivity contribution >= 4 is 21.6 Å². The molecule has 1 rings (SSSR count). The summed E-state index contributed by atoms with van der Waals surface area (Å²) in [5.74, 6) is 0. The number of nitrogens with zero attached hydrogens (tertiary/aromatic N) is 2. The molecule has 0 aromatic rings. The Morgan fingerprint density at radius 3 is 2.36 bits per heavy atom. The molecule has 1 unspecified atom stereocenters. The minimum Gasteiger partial charge on any atom is -0.379 e. The zero-order valence-corrected chi connectivity index (χ0v) is 8.70. The van der Waals surface area contributed by atoms with Crippen molar-refractivity contribution in [2.45, 2.75) is 4.83 Å². The minimum absolute atomic E-state index is 0.111. The molecule has 1 fully saturated rings. The zero-order chi connectivity index (χ0) is 10.8. The van der Waals surface area contributed by atoms with Gasteiger partial charge in [0.25, 0.3) is 10.0 Å². The van der Waals surface area contributed by atoms with E-state index in [0.717, 1.165) is 4.31 Å². The summed E-state index contributed by atoms with van der Waals surface area (Å²) >= 11 is 5.17. The largest absolute Gasteiger partial charge is 0.397 e. The molecule has 0 aromatic heterocycles. The fraction of sp³-hybridized carbons (Fsp3) is 1.00. The summed E-state index contributed by atoms with van der Waals surface area (Å²) in [5.41, 5.74) is 0. The first kappa shape index (κ1) is 11.6. The van der Waals surface area contributed by atoms with Gasteiger partial charge in [-0.2, -0.15) is 4.31 Å². The fourth-order valence-corrected chi connectivity index (χ4v) is 2.49. The SMILES string of the molecule is O=[N+]([O-])C(Cl)S(=O)(=O)N1CCOCC1. The Morgan fingerprint density at radius 2 is 1.93 bits per heavy atom. The third-order valence-electron chi connectivity index (χ3n) is 1.74. The number of nitro groups is 1. The molecule has 7 nitrogen and oxygen atoms in total. The molecule has 0 aromatic carbocycles. The molecule has 1 atom stereocenters. The van der Waals surface area contributed by atoms with Crippen molar-refractivity contribution in [1.82, 2.24) is 4.31 Å². The maximum Gasteiger partial charge on any atom is 0.397 e. The highest BCUT2D eigenvalue weighted by molar-refractivity contribution is 7.90. The average molecular weight is 245 g/mol. The lowest BCUT2D eigenvalue weighted by Gasteiger charge is -2.25. The summed E-state index contributed by atoms with van der Waals surface area (Å²) in [5, 5.41) is 10.2. The molecule has 82 valence electrons. The number of morpholine rings is 1. The molecule has 0 saturated carbocycles. The Kier molecular flexibility index (Phi) is 3.65. The summed E-state index contributed by atoms with van der Waals surface area (Å²) in [7, 11) is -4.04. The molecule has 0 N–H and O–H groups in total. The number of halogens is 1. The summed E-state index contributed by atoms with van der Waals surface area (Å²) < 4.78 is 28.7. The van der Waals surface area contributed by atoms with E-state index >= 15 is 0 Å². The Hall–Kier alpha value is -0.440. The van der Waals surface area contributed by atoms with Gasteiger partial charge in [-0.05, 0) is 11.6 Å². The second-order valence-electron chi connectivity index (χ2n) is 2.63. The molecular formula is C5H9ClN2O5S. The summed E-state index contributed by atoms with van der Waals surface area (Å²) in [4.78, 5) is 7.08. The lowest BCUT2D eigenvalue weighted by molar-refractivity contribution is -0.475. The molecule has 0 bridgehead atoms. The van der Waals surface area contributed by atoms with Gasteiger partial charge in [0.15, 0.2) is 0 Å². The molecule has 9 heteroatoms. The highest BCUT2D eigenvalue weighted by Gasteiger charge is 2.39.